The second-order valence-electron chi connectivity index (χ2n) is 4.92. The first kappa shape index (κ1) is 17.1. The summed E-state index contributed by atoms with van der Waals surface area (Å²) in [7, 11) is 0. The molecule has 0 bridgehead atoms. The minimum Gasteiger partial charge on any atom is -0.459 e. The van der Waals surface area contributed by atoms with Gasteiger partial charge in [0.1, 0.15) is 11.6 Å². The number of aliphatic imine (C=N–C) groups is 1. The van der Waals surface area contributed by atoms with Crippen LogP contribution < -0.4 is 16.9 Å². The molecule has 0 aromatic heterocycles. The summed E-state index contributed by atoms with van der Waals surface area (Å²) in [5, 5.41) is 9.22. The van der Waals surface area contributed by atoms with E-state index in [2.05, 4.69) is 4.99 Å². The van der Waals surface area contributed by atoms with Crippen molar-refractivity contribution in [2.45, 2.75) is 45.3 Å². The first-order valence-corrected chi connectivity index (χ1v) is 5.81. The zero-order valence-corrected chi connectivity index (χ0v) is 11.4. The van der Waals surface area contributed by atoms with Gasteiger partial charge in [0.2, 0.25) is 0 Å². The summed E-state index contributed by atoms with van der Waals surface area (Å²) in [6, 6.07) is -0.737. The molecule has 0 amide bonds. The molecular weight excluding hydrogens is 254 g/mol. The average molecular weight is 275 g/mol. The number of nitrogens with zero attached hydrogens (tertiary/aromatic N) is 2. The predicted octanol–water partition coefficient (Wildman–Crippen LogP) is -0.468. The van der Waals surface area contributed by atoms with Gasteiger partial charge in [0.05, 0.1) is 0 Å². The summed E-state index contributed by atoms with van der Waals surface area (Å²) >= 11 is 0. The molecule has 0 heterocycles. The molecule has 0 spiro atoms. The second-order valence-corrected chi connectivity index (χ2v) is 4.92. The van der Waals surface area contributed by atoms with Gasteiger partial charge >= 0.3 is 5.97 Å². The summed E-state index contributed by atoms with van der Waals surface area (Å²) in [5.41, 5.74) is 12.0. The highest BCUT2D eigenvalue weighted by Crippen LogP contribution is 2.09. The van der Waals surface area contributed by atoms with E-state index >= 15 is 0 Å². The number of carbonyl (C=O) groups is 1. The molecule has 0 aliphatic heterocycles. The Labute approximate surface area is 111 Å². The van der Waals surface area contributed by atoms with E-state index in [1.165, 1.54) is 0 Å². The largest absolute Gasteiger partial charge is 0.459 e. The first-order chi connectivity index (χ1) is 8.61. The summed E-state index contributed by atoms with van der Waals surface area (Å²) in [5.74, 6) is -0.760. The monoisotopic (exact) mass is 275 g/mol. The highest BCUT2D eigenvalue weighted by molar-refractivity contribution is 5.76. The van der Waals surface area contributed by atoms with E-state index in [0.29, 0.717) is 12.8 Å². The first-order valence-electron chi connectivity index (χ1n) is 5.81. The number of guanidine groups is 1. The van der Waals surface area contributed by atoms with Crippen molar-refractivity contribution in [2.24, 2.45) is 16.5 Å². The van der Waals surface area contributed by atoms with Crippen molar-refractivity contribution >= 4 is 11.9 Å². The maximum Gasteiger partial charge on any atom is 0.323 e. The third kappa shape index (κ3) is 9.77. The fraction of sp³-hybridized carbons (Fsp3) is 0.800. The van der Waals surface area contributed by atoms with E-state index in [1.54, 1.807) is 26.2 Å². The molecule has 0 saturated heterocycles. The molecule has 0 aromatic rings. The van der Waals surface area contributed by atoms with Gasteiger partial charge in [-0.15, -0.1) is 0 Å². The molecule has 0 unspecified atom stereocenters. The molecule has 0 aromatic carbocycles. The molecule has 0 aliphatic rings. The van der Waals surface area contributed by atoms with Crippen molar-refractivity contribution in [1.82, 2.24) is 5.43 Å². The van der Waals surface area contributed by atoms with Gasteiger partial charge in [-0.05, 0) is 33.6 Å². The number of hydrogen-bond donors (Lipinski definition) is 3. The van der Waals surface area contributed by atoms with Crippen LogP contribution in [0, 0.1) is 10.1 Å². The Hall–Kier alpha value is -1.90. The minimum absolute atomic E-state index is 0.239. The number of ether oxygens (including phenoxy) is 1. The van der Waals surface area contributed by atoms with Crippen molar-refractivity contribution in [3.8, 4) is 0 Å². The standard InChI is InChI=1S/C10H21N5O4/c1-10(2,3)19-8(16)7(11)5-4-6-13-9(12)14-15(17)18/h7H,4-6,11H2,1-3H3,(H3,12,13,14)/t7-/m0/s1. The molecule has 0 radical (unpaired) electrons. The van der Waals surface area contributed by atoms with Crippen molar-refractivity contribution in [1.29, 1.82) is 0 Å². The quantitative estimate of drug-likeness (QED) is 0.148. The van der Waals surface area contributed by atoms with Gasteiger partial charge < -0.3 is 16.2 Å². The highest BCUT2D eigenvalue weighted by atomic mass is 16.7. The lowest BCUT2D eigenvalue weighted by molar-refractivity contribution is -0.525. The number of nitrogens with two attached hydrogens (primary N) is 2. The van der Waals surface area contributed by atoms with Crippen molar-refractivity contribution in [2.75, 3.05) is 6.54 Å². The number of esters is 1. The highest BCUT2D eigenvalue weighted by Gasteiger charge is 2.21. The molecule has 0 saturated carbocycles. The van der Waals surface area contributed by atoms with Crippen molar-refractivity contribution in [3.63, 3.8) is 0 Å². The summed E-state index contributed by atoms with van der Waals surface area (Å²) in [6.45, 7) is 5.51. The van der Waals surface area contributed by atoms with Gasteiger partial charge in [0.15, 0.2) is 5.03 Å². The van der Waals surface area contributed by atoms with Gasteiger partial charge in [-0.3, -0.25) is 4.79 Å². The van der Waals surface area contributed by atoms with Crippen LogP contribution >= 0.6 is 0 Å². The average Bonchev–Trinajstić information content (AvgIpc) is 2.20. The molecule has 0 aliphatic carbocycles. The predicted molar refractivity (Wildman–Crippen MR) is 69.7 cm³/mol. The lowest BCUT2D eigenvalue weighted by atomic mass is 10.1. The third-order valence-corrected chi connectivity index (χ3v) is 1.87. The zero-order chi connectivity index (χ0) is 15.1. The van der Waals surface area contributed by atoms with Crippen LogP contribution in [0.4, 0.5) is 0 Å². The Kier molecular flexibility index (Phi) is 6.76. The Balaban J connectivity index is 3.95. The minimum atomic E-state index is -0.800. The van der Waals surface area contributed by atoms with E-state index in [0.717, 1.165) is 0 Å². The molecular formula is C10H21N5O4. The maximum absolute atomic E-state index is 11.5. The Morgan fingerprint density at radius 1 is 1.53 bits per heavy atom. The lowest BCUT2D eigenvalue weighted by Crippen LogP contribution is -2.37. The van der Waals surface area contributed by atoms with E-state index in [9.17, 15) is 14.9 Å². The molecule has 19 heavy (non-hydrogen) atoms. The van der Waals surface area contributed by atoms with Gasteiger partial charge in [0.25, 0.3) is 5.96 Å². The molecule has 0 rings (SSSR count). The van der Waals surface area contributed by atoms with Crippen LogP contribution in [0.2, 0.25) is 0 Å². The van der Waals surface area contributed by atoms with Gasteiger partial charge in [0, 0.05) is 6.54 Å². The maximum atomic E-state index is 11.5. The van der Waals surface area contributed by atoms with E-state index in [1.807, 2.05) is 0 Å². The topological polar surface area (TPSA) is 146 Å². The van der Waals surface area contributed by atoms with Crippen molar-refractivity contribution in [3.05, 3.63) is 10.1 Å². The number of nitrogens with one attached hydrogen (secondary N) is 1. The number of carbonyl (C=O) groups excluding carboxylic acids is 1. The smallest absolute Gasteiger partial charge is 0.323 e. The Bertz CT molecular complexity index is 350. The van der Waals surface area contributed by atoms with Crippen LogP contribution in [0.1, 0.15) is 33.6 Å². The van der Waals surface area contributed by atoms with Crippen molar-refractivity contribution < 1.29 is 14.6 Å². The Morgan fingerprint density at radius 2 is 2.11 bits per heavy atom. The summed E-state index contributed by atoms with van der Waals surface area (Å²) in [6.07, 6.45) is 0.838. The normalized spacial score (nSPS) is 13.8. The van der Waals surface area contributed by atoms with Crippen LogP contribution in [0.25, 0.3) is 0 Å². The van der Waals surface area contributed by atoms with Gasteiger partial charge in [-0.25, -0.2) is 15.1 Å². The van der Waals surface area contributed by atoms with Crippen LogP contribution in [0.5, 0.6) is 0 Å². The van der Waals surface area contributed by atoms with Crippen LogP contribution in [-0.2, 0) is 9.53 Å². The number of nitro groups is 1. The fourth-order valence-electron chi connectivity index (χ4n) is 1.13. The molecule has 9 nitrogen and oxygen atoms in total. The van der Waals surface area contributed by atoms with Crippen LogP contribution in [0.3, 0.4) is 0 Å². The molecule has 0 fully saturated rings. The van der Waals surface area contributed by atoms with Gasteiger partial charge in [-0.2, -0.15) is 0 Å². The van der Waals surface area contributed by atoms with E-state index < -0.39 is 22.6 Å². The molecule has 110 valence electrons. The van der Waals surface area contributed by atoms with Crippen LogP contribution in [-0.4, -0.2) is 35.1 Å². The fourth-order valence-corrected chi connectivity index (χ4v) is 1.13. The van der Waals surface area contributed by atoms with Crippen LogP contribution in [0.15, 0.2) is 4.99 Å². The SMILES string of the molecule is CC(C)(C)OC(=O)[C@@H](N)CCCN=C(N)N[N+](=O)[O-]. The molecule has 5 N–H and O–H groups in total. The number of rotatable bonds is 6. The summed E-state index contributed by atoms with van der Waals surface area (Å²) < 4.78 is 5.10. The van der Waals surface area contributed by atoms with E-state index in [4.69, 9.17) is 16.2 Å². The van der Waals surface area contributed by atoms with E-state index in [-0.39, 0.29) is 12.5 Å². The van der Waals surface area contributed by atoms with Gasteiger partial charge in [-0.1, -0.05) is 5.43 Å². The Morgan fingerprint density at radius 3 is 2.58 bits per heavy atom. The third-order valence-electron chi connectivity index (χ3n) is 1.87. The zero-order valence-electron chi connectivity index (χ0n) is 11.4. The lowest BCUT2D eigenvalue weighted by Gasteiger charge is -2.22. The molecule has 9 heteroatoms. The second kappa shape index (κ2) is 7.52. The summed E-state index contributed by atoms with van der Waals surface area (Å²) in [4.78, 5) is 25.3. The number of hydrazine groups is 1. The number of hydrogen-bond acceptors (Lipinski definition) is 6. The molecule has 1 atom stereocenters.